The Bertz CT molecular complexity index is 301. The Balaban J connectivity index is 3.00. The van der Waals surface area contributed by atoms with Gasteiger partial charge in [0.05, 0.1) is 0 Å². The maximum Gasteiger partial charge on any atom is 0.137 e. The summed E-state index contributed by atoms with van der Waals surface area (Å²) in [5, 5.41) is 0.570. The second-order valence-corrected chi connectivity index (χ2v) is 3.60. The molecule has 0 atom stereocenters. The maximum atomic E-state index is 6.00. The number of nitrogens with zero attached hydrogens (tertiary/aromatic N) is 3. The van der Waals surface area contributed by atoms with Gasteiger partial charge in [-0.3, -0.25) is 0 Å². The first-order valence-electron chi connectivity index (χ1n) is 4.91. The average molecular weight is 214 g/mol. The first kappa shape index (κ1) is 11.2. The third-order valence-electron chi connectivity index (χ3n) is 2.14. The van der Waals surface area contributed by atoms with Crippen LogP contribution in [0.3, 0.4) is 0 Å². The van der Waals surface area contributed by atoms with Crippen molar-refractivity contribution in [3.8, 4) is 0 Å². The molecule has 0 fully saturated rings. The van der Waals surface area contributed by atoms with E-state index in [1.807, 2.05) is 7.05 Å². The molecule has 3 nitrogen and oxygen atoms in total. The monoisotopic (exact) mass is 213 g/mol. The number of rotatable bonds is 4. The molecule has 0 aromatic carbocycles. The van der Waals surface area contributed by atoms with Gasteiger partial charge in [-0.2, -0.15) is 0 Å². The molecule has 0 aliphatic carbocycles. The zero-order valence-corrected chi connectivity index (χ0v) is 9.67. The fraction of sp³-hybridized carbons (Fsp3) is 0.600. The van der Waals surface area contributed by atoms with Gasteiger partial charge >= 0.3 is 0 Å². The van der Waals surface area contributed by atoms with Crippen molar-refractivity contribution in [2.75, 3.05) is 18.5 Å². The summed E-state index contributed by atoms with van der Waals surface area (Å²) in [5.41, 5.74) is 1.03. The normalized spacial score (nSPS) is 10.3. The topological polar surface area (TPSA) is 29.0 Å². The SMILES string of the molecule is CCCN(C)c1ncnc(Cl)c1CC. The van der Waals surface area contributed by atoms with Crippen LogP contribution in [-0.2, 0) is 6.42 Å². The van der Waals surface area contributed by atoms with Gasteiger partial charge in [0.25, 0.3) is 0 Å². The van der Waals surface area contributed by atoms with Gasteiger partial charge in [-0.1, -0.05) is 25.4 Å². The fourth-order valence-electron chi connectivity index (χ4n) is 1.46. The highest BCUT2D eigenvalue weighted by Crippen LogP contribution is 2.22. The highest BCUT2D eigenvalue weighted by atomic mass is 35.5. The smallest absolute Gasteiger partial charge is 0.137 e. The lowest BCUT2D eigenvalue weighted by molar-refractivity contribution is 0.823. The molecule has 0 N–H and O–H groups in total. The van der Waals surface area contributed by atoms with Crippen LogP contribution in [0.4, 0.5) is 5.82 Å². The van der Waals surface area contributed by atoms with E-state index in [1.165, 1.54) is 6.33 Å². The predicted octanol–water partition coefficient (Wildman–Crippen LogP) is 2.54. The molecule has 0 aliphatic heterocycles. The molecular weight excluding hydrogens is 198 g/mol. The van der Waals surface area contributed by atoms with Crippen molar-refractivity contribution in [3.05, 3.63) is 17.0 Å². The van der Waals surface area contributed by atoms with Crippen LogP contribution in [0.2, 0.25) is 5.15 Å². The molecule has 1 aromatic heterocycles. The molecule has 0 amide bonds. The lowest BCUT2D eigenvalue weighted by Gasteiger charge is -2.19. The second-order valence-electron chi connectivity index (χ2n) is 3.24. The number of halogens is 1. The molecule has 0 saturated heterocycles. The second kappa shape index (κ2) is 5.15. The van der Waals surface area contributed by atoms with Crippen LogP contribution < -0.4 is 4.90 Å². The molecule has 0 aliphatic rings. The van der Waals surface area contributed by atoms with Crippen molar-refractivity contribution in [3.63, 3.8) is 0 Å². The van der Waals surface area contributed by atoms with E-state index >= 15 is 0 Å². The zero-order chi connectivity index (χ0) is 10.6. The van der Waals surface area contributed by atoms with Gasteiger partial charge in [0.1, 0.15) is 17.3 Å². The largest absolute Gasteiger partial charge is 0.359 e. The molecule has 14 heavy (non-hydrogen) atoms. The van der Waals surface area contributed by atoms with Crippen LogP contribution in [-0.4, -0.2) is 23.6 Å². The van der Waals surface area contributed by atoms with E-state index in [0.29, 0.717) is 5.15 Å². The standard InChI is InChI=1S/C10H16ClN3/c1-4-6-14(3)10-8(5-2)9(11)12-7-13-10/h7H,4-6H2,1-3H3. The van der Waals surface area contributed by atoms with E-state index in [0.717, 1.165) is 30.8 Å². The maximum absolute atomic E-state index is 6.00. The molecule has 1 aromatic rings. The highest BCUT2D eigenvalue weighted by molar-refractivity contribution is 6.30. The van der Waals surface area contributed by atoms with Crippen LogP contribution in [0.1, 0.15) is 25.8 Å². The molecule has 4 heteroatoms. The lowest BCUT2D eigenvalue weighted by Crippen LogP contribution is -2.21. The summed E-state index contributed by atoms with van der Waals surface area (Å²) in [7, 11) is 2.03. The Morgan fingerprint density at radius 3 is 2.64 bits per heavy atom. The highest BCUT2D eigenvalue weighted by Gasteiger charge is 2.10. The molecule has 0 saturated carbocycles. The Hall–Kier alpha value is -0.830. The predicted molar refractivity (Wildman–Crippen MR) is 60.0 cm³/mol. The Kier molecular flexibility index (Phi) is 4.14. The summed E-state index contributed by atoms with van der Waals surface area (Å²) in [5.74, 6) is 0.953. The Morgan fingerprint density at radius 1 is 1.36 bits per heavy atom. The number of hydrogen-bond donors (Lipinski definition) is 0. The fourth-order valence-corrected chi connectivity index (χ4v) is 1.72. The van der Waals surface area contributed by atoms with E-state index in [1.54, 1.807) is 0 Å². The van der Waals surface area contributed by atoms with Gasteiger partial charge in [0.2, 0.25) is 0 Å². The van der Waals surface area contributed by atoms with E-state index in [2.05, 4.69) is 28.7 Å². The molecule has 0 spiro atoms. The molecule has 0 unspecified atom stereocenters. The van der Waals surface area contributed by atoms with Gasteiger partial charge < -0.3 is 4.90 Å². The molecule has 0 bridgehead atoms. The molecule has 0 radical (unpaired) electrons. The van der Waals surface area contributed by atoms with Crippen molar-refractivity contribution in [1.29, 1.82) is 0 Å². The van der Waals surface area contributed by atoms with Crippen LogP contribution in [0.25, 0.3) is 0 Å². The Labute approximate surface area is 90.1 Å². The molecular formula is C10H16ClN3. The van der Waals surface area contributed by atoms with Crippen molar-refractivity contribution in [1.82, 2.24) is 9.97 Å². The van der Waals surface area contributed by atoms with Crippen LogP contribution >= 0.6 is 11.6 Å². The summed E-state index contributed by atoms with van der Waals surface area (Å²) in [6.07, 6.45) is 3.48. The number of anilines is 1. The van der Waals surface area contributed by atoms with Crippen molar-refractivity contribution < 1.29 is 0 Å². The Morgan fingerprint density at radius 2 is 2.07 bits per heavy atom. The van der Waals surface area contributed by atoms with Crippen LogP contribution in [0.15, 0.2) is 6.33 Å². The first-order valence-corrected chi connectivity index (χ1v) is 5.29. The lowest BCUT2D eigenvalue weighted by atomic mass is 10.2. The average Bonchev–Trinajstić information content (AvgIpc) is 2.17. The zero-order valence-electron chi connectivity index (χ0n) is 8.92. The van der Waals surface area contributed by atoms with E-state index in [4.69, 9.17) is 11.6 Å². The summed E-state index contributed by atoms with van der Waals surface area (Å²) in [4.78, 5) is 10.4. The van der Waals surface area contributed by atoms with E-state index < -0.39 is 0 Å². The van der Waals surface area contributed by atoms with Crippen molar-refractivity contribution >= 4 is 17.4 Å². The number of hydrogen-bond acceptors (Lipinski definition) is 3. The minimum absolute atomic E-state index is 0.570. The molecule has 1 heterocycles. The van der Waals surface area contributed by atoms with Crippen molar-refractivity contribution in [2.24, 2.45) is 0 Å². The first-order chi connectivity index (χ1) is 6.70. The van der Waals surface area contributed by atoms with Gasteiger partial charge in [-0.15, -0.1) is 0 Å². The number of aromatic nitrogens is 2. The summed E-state index contributed by atoms with van der Waals surface area (Å²) >= 11 is 6.00. The minimum atomic E-state index is 0.570. The van der Waals surface area contributed by atoms with Gasteiger partial charge in [-0.25, -0.2) is 9.97 Å². The van der Waals surface area contributed by atoms with E-state index in [-0.39, 0.29) is 0 Å². The minimum Gasteiger partial charge on any atom is -0.359 e. The third kappa shape index (κ3) is 2.35. The van der Waals surface area contributed by atoms with Gasteiger partial charge in [0, 0.05) is 19.2 Å². The summed E-state index contributed by atoms with van der Waals surface area (Å²) in [6, 6.07) is 0. The van der Waals surface area contributed by atoms with Gasteiger partial charge in [0.15, 0.2) is 0 Å². The van der Waals surface area contributed by atoms with Crippen LogP contribution in [0.5, 0.6) is 0 Å². The summed E-state index contributed by atoms with van der Waals surface area (Å²) < 4.78 is 0. The van der Waals surface area contributed by atoms with Crippen LogP contribution in [0, 0.1) is 0 Å². The van der Waals surface area contributed by atoms with Gasteiger partial charge in [-0.05, 0) is 12.8 Å². The van der Waals surface area contributed by atoms with Crippen molar-refractivity contribution in [2.45, 2.75) is 26.7 Å². The quantitative estimate of drug-likeness (QED) is 0.720. The molecule has 78 valence electrons. The van der Waals surface area contributed by atoms with E-state index in [9.17, 15) is 0 Å². The third-order valence-corrected chi connectivity index (χ3v) is 2.47. The summed E-state index contributed by atoms with van der Waals surface area (Å²) in [6.45, 7) is 5.19. The molecule has 1 rings (SSSR count).